The van der Waals surface area contributed by atoms with Gasteiger partial charge in [0.2, 0.25) is 17.7 Å². The lowest BCUT2D eigenvalue weighted by Gasteiger charge is -2.24. The second-order valence-corrected chi connectivity index (χ2v) is 5.60. The van der Waals surface area contributed by atoms with E-state index in [4.69, 9.17) is 10.8 Å². The van der Waals surface area contributed by atoms with E-state index >= 15 is 0 Å². The fourth-order valence-corrected chi connectivity index (χ4v) is 1.91. The summed E-state index contributed by atoms with van der Waals surface area (Å²) in [5.41, 5.74) is 5.48. The Morgan fingerprint density at radius 1 is 1.04 bits per heavy atom. The molecule has 0 aliphatic carbocycles. The van der Waals surface area contributed by atoms with Crippen LogP contribution in [0, 0.1) is 0 Å². The van der Waals surface area contributed by atoms with Crippen molar-refractivity contribution in [3.63, 3.8) is 0 Å². The first-order valence-electron chi connectivity index (χ1n) is 6.89. The minimum atomic E-state index is -1.39. The Hall–Kier alpha value is -1.50. The number of hydrogen-bond acceptors (Lipinski definition) is 8. The van der Waals surface area contributed by atoms with Gasteiger partial charge >= 0.3 is 5.97 Å². The molecule has 0 aliphatic rings. The number of carboxylic acid groups (broad SMARTS) is 1. The quantitative estimate of drug-likeness (QED) is 0.183. The van der Waals surface area contributed by atoms with Crippen molar-refractivity contribution in [1.82, 2.24) is 16.0 Å². The maximum Gasteiger partial charge on any atom is 0.322 e. The number of hydrogen-bond donors (Lipinski definition) is 8. The van der Waals surface area contributed by atoms with E-state index in [0.717, 1.165) is 0 Å². The largest absolute Gasteiger partial charge is 0.480 e. The predicted octanol–water partition coefficient (Wildman–Crippen LogP) is -3.28. The molecular formula is C12H22N4O6S2. The molecule has 0 aromatic carbocycles. The van der Waals surface area contributed by atoms with Crippen LogP contribution in [0.3, 0.4) is 0 Å². The van der Waals surface area contributed by atoms with E-state index in [-0.39, 0.29) is 11.5 Å². The molecule has 10 nitrogen and oxygen atoms in total. The Kier molecular flexibility index (Phi) is 10.4. The van der Waals surface area contributed by atoms with E-state index in [1.165, 1.54) is 6.92 Å². The normalized spacial score (nSPS) is 15.5. The van der Waals surface area contributed by atoms with Gasteiger partial charge < -0.3 is 31.9 Å². The molecule has 3 amide bonds. The first-order valence-corrected chi connectivity index (χ1v) is 8.16. The average molecular weight is 382 g/mol. The van der Waals surface area contributed by atoms with Gasteiger partial charge in [-0.2, -0.15) is 25.3 Å². The number of aliphatic carboxylic acids is 1. The highest BCUT2D eigenvalue weighted by atomic mass is 32.1. The van der Waals surface area contributed by atoms with Crippen molar-refractivity contribution >= 4 is 48.9 Å². The van der Waals surface area contributed by atoms with E-state index in [1.807, 2.05) is 5.32 Å². The molecule has 0 saturated heterocycles. The number of nitrogens with two attached hydrogens (primary N) is 1. The summed E-state index contributed by atoms with van der Waals surface area (Å²) in [5, 5.41) is 24.7. The fourth-order valence-electron chi connectivity index (χ4n) is 1.49. The van der Waals surface area contributed by atoms with Crippen LogP contribution in [-0.4, -0.2) is 76.2 Å². The van der Waals surface area contributed by atoms with Gasteiger partial charge in [0.1, 0.15) is 18.6 Å². The third kappa shape index (κ3) is 7.86. The highest BCUT2D eigenvalue weighted by molar-refractivity contribution is 7.80. The van der Waals surface area contributed by atoms with Gasteiger partial charge in [-0.1, -0.05) is 0 Å². The van der Waals surface area contributed by atoms with Crippen molar-refractivity contribution in [1.29, 1.82) is 0 Å². The highest BCUT2D eigenvalue weighted by Gasteiger charge is 2.29. The lowest BCUT2D eigenvalue weighted by molar-refractivity contribution is -0.139. The maximum absolute atomic E-state index is 12.1. The summed E-state index contributed by atoms with van der Waals surface area (Å²) < 4.78 is 0. The van der Waals surface area contributed by atoms with Crippen LogP contribution < -0.4 is 21.7 Å². The highest BCUT2D eigenvalue weighted by Crippen LogP contribution is 1.98. The van der Waals surface area contributed by atoms with Gasteiger partial charge in [0.05, 0.1) is 12.1 Å². The number of thiol groups is 2. The lowest BCUT2D eigenvalue weighted by atomic mass is 10.1. The first kappa shape index (κ1) is 22.5. The third-order valence-corrected chi connectivity index (χ3v) is 3.58. The fraction of sp³-hybridized carbons (Fsp3) is 0.667. The van der Waals surface area contributed by atoms with E-state index in [1.54, 1.807) is 0 Å². The third-order valence-electron chi connectivity index (χ3n) is 2.83. The second kappa shape index (κ2) is 11.1. The summed E-state index contributed by atoms with van der Waals surface area (Å²) >= 11 is 7.81. The maximum atomic E-state index is 12.1. The van der Waals surface area contributed by atoms with Crippen molar-refractivity contribution in [2.24, 2.45) is 5.73 Å². The van der Waals surface area contributed by atoms with Crippen LogP contribution in [0.1, 0.15) is 6.92 Å². The number of carbonyl (C=O) groups excluding carboxylic acids is 3. The minimum Gasteiger partial charge on any atom is -0.480 e. The average Bonchev–Trinajstić information content (AvgIpc) is 2.53. The molecule has 7 N–H and O–H groups in total. The van der Waals surface area contributed by atoms with Crippen LogP contribution in [0.4, 0.5) is 0 Å². The molecule has 0 rings (SSSR count). The van der Waals surface area contributed by atoms with Gasteiger partial charge in [-0.15, -0.1) is 0 Å². The van der Waals surface area contributed by atoms with Gasteiger partial charge in [0.15, 0.2) is 0 Å². The molecule has 0 aromatic rings. The lowest BCUT2D eigenvalue weighted by Crippen LogP contribution is -2.59. The first-order chi connectivity index (χ1) is 11.1. The molecule has 0 fully saturated rings. The molecule has 0 spiro atoms. The summed E-state index contributed by atoms with van der Waals surface area (Å²) in [5.74, 6) is -3.57. The number of carboxylic acids is 1. The van der Waals surface area contributed by atoms with Gasteiger partial charge in [-0.3, -0.25) is 19.2 Å². The Morgan fingerprint density at radius 3 is 2.04 bits per heavy atom. The Labute approximate surface area is 149 Å². The summed E-state index contributed by atoms with van der Waals surface area (Å²) in [6.07, 6.45) is -1.29. The van der Waals surface area contributed by atoms with Crippen molar-refractivity contribution in [3.8, 4) is 0 Å². The Bertz CT molecular complexity index is 476. The number of amides is 3. The molecule has 0 heterocycles. The van der Waals surface area contributed by atoms with E-state index in [2.05, 4.69) is 35.9 Å². The van der Waals surface area contributed by atoms with Crippen LogP contribution >= 0.6 is 25.3 Å². The van der Waals surface area contributed by atoms with Gasteiger partial charge in [0.25, 0.3) is 0 Å². The standard InChI is InChI=1S/C12H22N4O6S2/c1-5(17)9(12(22)14-2-8(18)19)16-11(21)7(4-24)15-10(20)6(13)3-23/h5-7,9,17,23-24H,2-4,13H2,1H3,(H,14,22)(H,15,20)(H,16,21)(H,18,19). The molecule has 4 unspecified atom stereocenters. The minimum absolute atomic E-state index is 0.0701. The molecule has 0 saturated carbocycles. The molecule has 24 heavy (non-hydrogen) atoms. The number of aliphatic hydroxyl groups excluding tert-OH is 1. The van der Waals surface area contributed by atoms with E-state index in [9.17, 15) is 24.3 Å². The molecule has 0 bridgehead atoms. The van der Waals surface area contributed by atoms with E-state index in [0.29, 0.717) is 0 Å². The van der Waals surface area contributed by atoms with Gasteiger partial charge in [-0.25, -0.2) is 0 Å². The molecule has 0 radical (unpaired) electrons. The van der Waals surface area contributed by atoms with Crippen LogP contribution in [0.5, 0.6) is 0 Å². The van der Waals surface area contributed by atoms with Crippen molar-refractivity contribution < 1.29 is 29.4 Å². The number of carbonyl (C=O) groups is 4. The number of aliphatic hydroxyl groups is 1. The molecule has 12 heteroatoms. The summed E-state index contributed by atoms with van der Waals surface area (Å²) in [4.78, 5) is 46.1. The molecule has 4 atom stereocenters. The van der Waals surface area contributed by atoms with Crippen LogP contribution in [0.15, 0.2) is 0 Å². The molecule has 0 aromatic heterocycles. The van der Waals surface area contributed by atoms with Crippen LogP contribution in [0.25, 0.3) is 0 Å². The SMILES string of the molecule is CC(O)C(NC(=O)C(CS)NC(=O)C(N)CS)C(=O)NCC(=O)O. The zero-order valence-corrected chi connectivity index (χ0v) is 14.7. The Balaban J connectivity index is 4.87. The zero-order chi connectivity index (χ0) is 18.9. The summed E-state index contributed by atoms with van der Waals surface area (Å²) in [6, 6.07) is -3.41. The predicted molar refractivity (Wildman–Crippen MR) is 91.9 cm³/mol. The van der Waals surface area contributed by atoms with Crippen molar-refractivity contribution in [2.75, 3.05) is 18.1 Å². The number of rotatable bonds is 10. The summed E-state index contributed by atoms with van der Waals surface area (Å²) in [7, 11) is 0. The Morgan fingerprint density at radius 2 is 1.62 bits per heavy atom. The molecule has 138 valence electrons. The van der Waals surface area contributed by atoms with Crippen molar-refractivity contribution in [2.45, 2.75) is 31.2 Å². The topological polar surface area (TPSA) is 171 Å². The number of nitrogens with one attached hydrogen (secondary N) is 3. The summed E-state index contributed by atoms with van der Waals surface area (Å²) in [6.45, 7) is 0.581. The molecule has 0 aliphatic heterocycles. The smallest absolute Gasteiger partial charge is 0.322 e. The van der Waals surface area contributed by atoms with Crippen molar-refractivity contribution in [3.05, 3.63) is 0 Å². The zero-order valence-electron chi connectivity index (χ0n) is 12.9. The van der Waals surface area contributed by atoms with Crippen LogP contribution in [-0.2, 0) is 19.2 Å². The van der Waals surface area contributed by atoms with E-state index < -0.39 is 54.5 Å². The monoisotopic (exact) mass is 382 g/mol. The second-order valence-electron chi connectivity index (χ2n) is 4.87. The molecular weight excluding hydrogens is 360 g/mol. The van der Waals surface area contributed by atoms with Gasteiger partial charge in [0, 0.05) is 11.5 Å². The van der Waals surface area contributed by atoms with Gasteiger partial charge in [-0.05, 0) is 6.92 Å². The van der Waals surface area contributed by atoms with Crippen LogP contribution in [0.2, 0.25) is 0 Å².